The van der Waals surface area contributed by atoms with Crippen LogP contribution in [0.15, 0.2) is 73.2 Å². The topological polar surface area (TPSA) is 156 Å². The molecule has 3 amide bonds. The van der Waals surface area contributed by atoms with Gasteiger partial charge in [0.25, 0.3) is 5.91 Å². The van der Waals surface area contributed by atoms with E-state index >= 15 is 0 Å². The number of hydrogen-bond donors (Lipinski definition) is 4. The standard InChI is InChI=1S/C30H33FN6O4/c1-19(36-29(41)25-18-33-15-16-34-25)27(39)37-30(32,26(38)21-10-12-22(31)13-11-21)24(17-20-7-3-2-4-8-20)23-9-5-6-14-35-28(23)40/h2-4,7-8,10-13,15-16,18-19,23-24H,5-6,9,14,17,32H2,1H3,(H,35,40)(H,36,41)(H,37,39). The van der Waals surface area contributed by atoms with Crippen molar-refractivity contribution in [2.24, 2.45) is 17.6 Å². The number of Topliss-reactive ketones (excluding diaryl/α,β-unsaturated/α-hetero) is 1. The molecule has 4 unspecified atom stereocenters. The zero-order chi connectivity index (χ0) is 29.4. The highest BCUT2D eigenvalue weighted by Gasteiger charge is 2.49. The molecule has 2 aromatic carbocycles. The first-order valence-corrected chi connectivity index (χ1v) is 13.5. The van der Waals surface area contributed by atoms with Gasteiger partial charge in [0.2, 0.25) is 17.6 Å². The van der Waals surface area contributed by atoms with Crippen molar-refractivity contribution >= 4 is 23.5 Å². The van der Waals surface area contributed by atoms with Crippen LogP contribution in [0.25, 0.3) is 0 Å². The van der Waals surface area contributed by atoms with Crippen molar-refractivity contribution in [2.45, 2.75) is 44.3 Å². The highest BCUT2D eigenvalue weighted by Crippen LogP contribution is 2.33. The minimum absolute atomic E-state index is 0.00521. The largest absolute Gasteiger partial charge is 0.356 e. The summed E-state index contributed by atoms with van der Waals surface area (Å²) in [5.74, 6) is -4.47. The zero-order valence-corrected chi connectivity index (χ0v) is 22.7. The number of amides is 3. The van der Waals surface area contributed by atoms with Crippen molar-refractivity contribution in [3.63, 3.8) is 0 Å². The number of halogens is 1. The van der Waals surface area contributed by atoms with E-state index < -0.39 is 47.0 Å². The number of carbonyl (C=O) groups excluding carboxylic acids is 4. The fraction of sp³-hybridized carbons (Fsp3) is 0.333. The van der Waals surface area contributed by atoms with Crippen molar-refractivity contribution in [1.29, 1.82) is 0 Å². The van der Waals surface area contributed by atoms with Crippen molar-refractivity contribution in [1.82, 2.24) is 25.9 Å². The van der Waals surface area contributed by atoms with Crippen LogP contribution in [0.1, 0.15) is 52.6 Å². The van der Waals surface area contributed by atoms with Crippen molar-refractivity contribution in [2.75, 3.05) is 6.54 Å². The quantitative estimate of drug-likeness (QED) is 0.219. The van der Waals surface area contributed by atoms with Gasteiger partial charge in [0, 0.05) is 36.3 Å². The molecule has 214 valence electrons. The van der Waals surface area contributed by atoms with Gasteiger partial charge in [-0.3, -0.25) is 24.2 Å². The van der Waals surface area contributed by atoms with E-state index in [1.165, 1.54) is 37.6 Å². The van der Waals surface area contributed by atoms with E-state index in [0.29, 0.717) is 19.4 Å². The summed E-state index contributed by atoms with van der Waals surface area (Å²) in [6.07, 6.45) is 6.14. The maximum absolute atomic E-state index is 14.1. The third-order valence-electron chi connectivity index (χ3n) is 7.30. The number of rotatable bonds is 10. The molecule has 11 heteroatoms. The van der Waals surface area contributed by atoms with E-state index in [2.05, 4.69) is 25.9 Å². The molecule has 1 aliphatic heterocycles. The number of ketones is 1. The monoisotopic (exact) mass is 560 g/mol. The van der Waals surface area contributed by atoms with Gasteiger partial charge in [-0.1, -0.05) is 36.8 Å². The van der Waals surface area contributed by atoms with Crippen LogP contribution in [0.5, 0.6) is 0 Å². The van der Waals surface area contributed by atoms with Crippen LogP contribution in [0.2, 0.25) is 0 Å². The Balaban J connectivity index is 1.72. The molecule has 1 saturated heterocycles. The number of benzene rings is 2. The summed E-state index contributed by atoms with van der Waals surface area (Å²) in [5.41, 5.74) is 5.73. The van der Waals surface area contributed by atoms with Crippen molar-refractivity contribution < 1.29 is 23.6 Å². The van der Waals surface area contributed by atoms with Crippen LogP contribution in [0.4, 0.5) is 4.39 Å². The minimum atomic E-state index is -2.09. The average Bonchev–Trinajstić information content (AvgIpc) is 3.20. The molecule has 2 heterocycles. The third kappa shape index (κ3) is 7.17. The summed E-state index contributed by atoms with van der Waals surface area (Å²) in [4.78, 5) is 61.4. The molecule has 0 spiro atoms. The Bertz CT molecular complexity index is 1370. The highest BCUT2D eigenvalue weighted by molar-refractivity contribution is 6.06. The second kappa shape index (κ2) is 13.2. The molecule has 10 nitrogen and oxygen atoms in total. The Morgan fingerprint density at radius 3 is 2.51 bits per heavy atom. The molecule has 1 fully saturated rings. The van der Waals surface area contributed by atoms with Gasteiger partial charge in [-0.25, -0.2) is 9.37 Å². The molecule has 41 heavy (non-hydrogen) atoms. The van der Waals surface area contributed by atoms with E-state index in [-0.39, 0.29) is 23.6 Å². The summed E-state index contributed by atoms with van der Waals surface area (Å²) in [6, 6.07) is 12.9. The van der Waals surface area contributed by atoms with Gasteiger partial charge in [-0.2, -0.15) is 0 Å². The second-order valence-electron chi connectivity index (χ2n) is 10.2. The fourth-order valence-corrected chi connectivity index (χ4v) is 5.06. The van der Waals surface area contributed by atoms with E-state index in [4.69, 9.17) is 5.73 Å². The molecule has 0 saturated carbocycles. The summed E-state index contributed by atoms with van der Waals surface area (Å²) in [6.45, 7) is 1.94. The maximum atomic E-state index is 14.1. The fourth-order valence-electron chi connectivity index (χ4n) is 5.06. The van der Waals surface area contributed by atoms with Crippen LogP contribution in [0, 0.1) is 17.7 Å². The number of nitrogens with one attached hydrogen (secondary N) is 3. The van der Waals surface area contributed by atoms with Gasteiger partial charge in [0.15, 0.2) is 5.66 Å². The molecule has 5 N–H and O–H groups in total. The molecule has 0 radical (unpaired) electrons. The number of carbonyl (C=O) groups is 4. The molecule has 0 bridgehead atoms. The molecule has 0 aliphatic carbocycles. The Morgan fingerprint density at radius 1 is 1.10 bits per heavy atom. The van der Waals surface area contributed by atoms with Gasteiger partial charge in [-0.15, -0.1) is 0 Å². The lowest BCUT2D eigenvalue weighted by molar-refractivity contribution is -0.130. The Morgan fingerprint density at radius 2 is 1.83 bits per heavy atom. The Kier molecular flexibility index (Phi) is 9.51. The Labute approximate surface area is 237 Å². The predicted molar refractivity (Wildman–Crippen MR) is 149 cm³/mol. The normalized spacial score (nSPS) is 18.1. The first-order chi connectivity index (χ1) is 19.7. The lowest BCUT2D eigenvalue weighted by Gasteiger charge is -2.41. The number of hydrogen-bond acceptors (Lipinski definition) is 7. The third-order valence-corrected chi connectivity index (χ3v) is 7.30. The van der Waals surface area contributed by atoms with Crippen LogP contribution in [0.3, 0.4) is 0 Å². The first kappa shape index (κ1) is 29.5. The lowest BCUT2D eigenvalue weighted by atomic mass is 9.72. The summed E-state index contributed by atoms with van der Waals surface area (Å²) in [7, 11) is 0. The molecular formula is C30H33FN6O4. The van der Waals surface area contributed by atoms with E-state index in [1.807, 2.05) is 30.3 Å². The van der Waals surface area contributed by atoms with Crippen LogP contribution in [-0.4, -0.2) is 51.7 Å². The SMILES string of the molecule is CC(NC(=O)c1cnccn1)C(=O)NC(N)(C(=O)c1ccc(F)cc1)C(Cc1ccccc1)C1CCCCNC1=O. The van der Waals surface area contributed by atoms with Crippen LogP contribution < -0.4 is 21.7 Å². The van der Waals surface area contributed by atoms with Crippen molar-refractivity contribution in [3.05, 3.63) is 95.8 Å². The van der Waals surface area contributed by atoms with E-state index in [1.54, 1.807) is 0 Å². The van der Waals surface area contributed by atoms with E-state index in [0.717, 1.165) is 24.1 Å². The second-order valence-corrected chi connectivity index (χ2v) is 10.2. The number of nitrogens with two attached hydrogens (primary N) is 1. The zero-order valence-electron chi connectivity index (χ0n) is 22.7. The van der Waals surface area contributed by atoms with Crippen LogP contribution in [-0.2, 0) is 16.0 Å². The Hall–Kier alpha value is -4.51. The first-order valence-electron chi connectivity index (χ1n) is 13.5. The summed E-state index contributed by atoms with van der Waals surface area (Å²) < 4.78 is 13.7. The molecule has 4 rings (SSSR count). The highest BCUT2D eigenvalue weighted by atomic mass is 19.1. The smallest absolute Gasteiger partial charge is 0.272 e. The van der Waals surface area contributed by atoms with Gasteiger partial charge in [-0.05, 0) is 56.0 Å². The van der Waals surface area contributed by atoms with Gasteiger partial charge < -0.3 is 21.7 Å². The molecule has 1 aliphatic rings. The van der Waals surface area contributed by atoms with Gasteiger partial charge in [0.05, 0.1) is 6.20 Å². The predicted octanol–water partition coefficient (Wildman–Crippen LogP) is 2.16. The minimum Gasteiger partial charge on any atom is -0.356 e. The van der Waals surface area contributed by atoms with Gasteiger partial charge in [0.1, 0.15) is 17.6 Å². The number of aromatic nitrogens is 2. The summed E-state index contributed by atoms with van der Waals surface area (Å²) >= 11 is 0. The molecule has 4 atom stereocenters. The number of nitrogens with zero attached hydrogens (tertiary/aromatic N) is 2. The molecule has 3 aromatic rings. The lowest BCUT2D eigenvalue weighted by Crippen LogP contribution is -2.70. The maximum Gasteiger partial charge on any atom is 0.272 e. The molecule has 1 aromatic heterocycles. The van der Waals surface area contributed by atoms with Crippen molar-refractivity contribution in [3.8, 4) is 0 Å². The average molecular weight is 561 g/mol. The van der Waals surface area contributed by atoms with E-state index in [9.17, 15) is 23.6 Å². The van der Waals surface area contributed by atoms with Gasteiger partial charge >= 0.3 is 0 Å². The summed E-state index contributed by atoms with van der Waals surface area (Å²) in [5, 5.41) is 8.13. The molecular weight excluding hydrogens is 527 g/mol. The van der Waals surface area contributed by atoms with Crippen LogP contribution >= 0.6 is 0 Å².